The van der Waals surface area contributed by atoms with Crippen LogP contribution in [0.25, 0.3) is 0 Å². The predicted octanol–water partition coefficient (Wildman–Crippen LogP) is 0.702. The number of nitrogens with zero attached hydrogens (tertiary/aromatic N) is 2. The maximum absolute atomic E-state index is 12.2. The number of hydrogen-bond donors (Lipinski definition) is 0. The number of Topliss-reactive ketones (excluding diaryl/α,β-unsaturated/α-hetero) is 2. The van der Waals surface area contributed by atoms with Crippen LogP contribution in [-0.4, -0.2) is 40.4 Å². The average molecular weight is 246 g/mol. The third-order valence-corrected chi connectivity index (χ3v) is 3.15. The Morgan fingerprint density at radius 3 is 2.61 bits per heavy atom. The lowest BCUT2D eigenvalue weighted by atomic mass is 9.89. The molecule has 1 amide bonds. The first-order chi connectivity index (χ1) is 8.59. The first-order valence-corrected chi connectivity index (χ1v) is 5.82. The lowest BCUT2D eigenvalue weighted by molar-refractivity contribution is -0.134. The second-order valence-corrected chi connectivity index (χ2v) is 4.33. The standard InChI is InChI=1S/C13H14N2O3/c1-9(16)15-7-4-12(17)11(8-15)13(18)10-2-5-14-6-3-10/h2-3,5-6,11H,4,7-8H2,1H3. The van der Waals surface area contributed by atoms with E-state index in [9.17, 15) is 14.4 Å². The zero-order valence-corrected chi connectivity index (χ0v) is 10.1. The zero-order valence-electron chi connectivity index (χ0n) is 10.1. The molecule has 94 valence electrons. The van der Waals surface area contributed by atoms with Gasteiger partial charge in [-0.1, -0.05) is 0 Å². The van der Waals surface area contributed by atoms with Crippen molar-refractivity contribution in [3.05, 3.63) is 30.1 Å². The third kappa shape index (κ3) is 2.45. The number of carbonyl (C=O) groups is 3. The van der Waals surface area contributed by atoms with Gasteiger partial charge in [0.05, 0.1) is 5.92 Å². The predicted molar refractivity (Wildman–Crippen MR) is 63.9 cm³/mol. The van der Waals surface area contributed by atoms with E-state index in [1.165, 1.54) is 19.3 Å². The fourth-order valence-electron chi connectivity index (χ4n) is 2.07. The largest absolute Gasteiger partial charge is 0.341 e. The smallest absolute Gasteiger partial charge is 0.219 e. The minimum atomic E-state index is -0.731. The third-order valence-electron chi connectivity index (χ3n) is 3.15. The Morgan fingerprint density at radius 2 is 2.00 bits per heavy atom. The summed E-state index contributed by atoms with van der Waals surface area (Å²) in [7, 11) is 0. The quantitative estimate of drug-likeness (QED) is 0.569. The molecule has 1 aliphatic heterocycles. The van der Waals surface area contributed by atoms with Crippen LogP contribution in [0.4, 0.5) is 0 Å². The molecule has 0 spiro atoms. The van der Waals surface area contributed by atoms with Crippen molar-refractivity contribution in [1.29, 1.82) is 0 Å². The lowest BCUT2D eigenvalue weighted by Crippen LogP contribution is -2.46. The van der Waals surface area contributed by atoms with Gasteiger partial charge in [0.1, 0.15) is 5.78 Å². The van der Waals surface area contributed by atoms with Gasteiger partial charge in [-0.05, 0) is 12.1 Å². The van der Waals surface area contributed by atoms with E-state index >= 15 is 0 Å². The van der Waals surface area contributed by atoms with Gasteiger partial charge in [0, 0.05) is 44.4 Å². The van der Waals surface area contributed by atoms with Crippen molar-refractivity contribution in [2.75, 3.05) is 13.1 Å². The fourth-order valence-corrected chi connectivity index (χ4v) is 2.07. The molecule has 5 heteroatoms. The summed E-state index contributed by atoms with van der Waals surface area (Å²) < 4.78 is 0. The summed E-state index contributed by atoms with van der Waals surface area (Å²) in [6.45, 7) is 2.05. The highest BCUT2D eigenvalue weighted by atomic mass is 16.2. The van der Waals surface area contributed by atoms with E-state index in [-0.39, 0.29) is 30.4 Å². The summed E-state index contributed by atoms with van der Waals surface area (Å²) in [6.07, 6.45) is 3.29. The van der Waals surface area contributed by atoms with Crippen molar-refractivity contribution < 1.29 is 14.4 Å². The molecule has 18 heavy (non-hydrogen) atoms. The minimum Gasteiger partial charge on any atom is -0.341 e. The second kappa shape index (κ2) is 5.08. The Balaban J connectivity index is 2.18. The normalized spacial score (nSPS) is 19.7. The highest BCUT2D eigenvalue weighted by Crippen LogP contribution is 2.18. The van der Waals surface area contributed by atoms with Crippen molar-refractivity contribution in [3.63, 3.8) is 0 Å². The monoisotopic (exact) mass is 246 g/mol. The van der Waals surface area contributed by atoms with Crippen LogP contribution in [0.15, 0.2) is 24.5 Å². The summed E-state index contributed by atoms with van der Waals surface area (Å²) in [5.41, 5.74) is 0.466. The van der Waals surface area contributed by atoms with Gasteiger partial charge in [0.15, 0.2) is 5.78 Å². The molecule has 1 saturated heterocycles. The van der Waals surface area contributed by atoms with Crippen molar-refractivity contribution in [1.82, 2.24) is 9.88 Å². The summed E-state index contributed by atoms with van der Waals surface area (Å²) in [4.78, 5) is 40.7. The van der Waals surface area contributed by atoms with Gasteiger partial charge >= 0.3 is 0 Å². The van der Waals surface area contributed by atoms with E-state index in [4.69, 9.17) is 0 Å². The number of aromatic nitrogens is 1. The highest BCUT2D eigenvalue weighted by Gasteiger charge is 2.34. The van der Waals surface area contributed by atoms with Crippen molar-refractivity contribution in [2.45, 2.75) is 13.3 Å². The van der Waals surface area contributed by atoms with Crippen LogP contribution >= 0.6 is 0 Å². The molecule has 0 aliphatic carbocycles. The maximum Gasteiger partial charge on any atom is 0.219 e. The molecule has 0 radical (unpaired) electrons. The van der Waals surface area contributed by atoms with Crippen LogP contribution in [0.3, 0.4) is 0 Å². The molecule has 2 rings (SSSR count). The lowest BCUT2D eigenvalue weighted by Gasteiger charge is -2.30. The SMILES string of the molecule is CC(=O)N1CCC(=O)C(C(=O)c2ccncc2)C1. The van der Waals surface area contributed by atoms with Crippen LogP contribution in [0.5, 0.6) is 0 Å². The Morgan fingerprint density at radius 1 is 1.33 bits per heavy atom. The van der Waals surface area contributed by atoms with Crippen molar-refractivity contribution in [2.24, 2.45) is 5.92 Å². The van der Waals surface area contributed by atoms with E-state index in [0.717, 1.165) is 0 Å². The number of pyridine rings is 1. The van der Waals surface area contributed by atoms with Crippen molar-refractivity contribution in [3.8, 4) is 0 Å². The number of amides is 1. The van der Waals surface area contributed by atoms with E-state index < -0.39 is 5.92 Å². The molecule has 5 nitrogen and oxygen atoms in total. The molecule has 1 aromatic heterocycles. The molecule has 1 aliphatic rings. The molecule has 0 bridgehead atoms. The van der Waals surface area contributed by atoms with E-state index in [1.807, 2.05) is 0 Å². The van der Waals surface area contributed by atoms with Gasteiger partial charge in [-0.2, -0.15) is 0 Å². The summed E-state index contributed by atoms with van der Waals surface area (Å²) in [6, 6.07) is 3.17. The summed E-state index contributed by atoms with van der Waals surface area (Å²) in [5.74, 6) is -1.15. The zero-order chi connectivity index (χ0) is 13.1. The molecule has 1 atom stereocenters. The number of likely N-dealkylation sites (tertiary alicyclic amines) is 1. The number of ketones is 2. The highest BCUT2D eigenvalue weighted by molar-refractivity contribution is 6.11. The molecule has 1 fully saturated rings. The van der Waals surface area contributed by atoms with Gasteiger partial charge < -0.3 is 4.90 Å². The van der Waals surface area contributed by atoms with E-state index in [1.54, 1.807) is 17.0 Å². The first-order valence-electron chi connectivity index (χ1n) is 5.82. The first kappa shape index (κ1) is 12.4. The molecule has 2 heterocycles. The van der Waals surface area contributed by atoms with Gasteiger partial charge in [-0.25, -0.2) is 0 Å². The Bertz CT molecular complexity index is 484. The average Bonchev–Trinajstić information content (AvgIpc) is 2.39. The van der Waals surface area contributed by atoms with Crippen LogP contribution in [0, 0.1) is 5.92 Å². The minimum absolute atomic E-state index is 0.0886. The van der Waals surface area contributed by atoms with E-state index in [2.05, 4.69) is 4.98 Å². The summed E-state index contributed by atoms with van der Waals surface area (Å²) in [5, 5.41) is 0. The number of rotatable bonds is 2. The van der Waals surface area contributed by atoms with Crippen molar-refractivity contribution >= 4 is 17.5 Å². The molecule has 0 saturated carbocycles. The number of piperidine rings is 1. The van der Waals surface area contributed by atoms with Crippen LogP contribution in [0.1, 0.15) is 23.7 Å². The Labute approximate surface area is 105 Å². The Kier molecular flexibility index (Phi) is 3.50. The molecular weight excluding hydrogens is 232 g/mol. The second-order valence-electron chi connectivity index (χ2n) is 4.33. The van der Waals surface area contributed by atoms with Crippen LogP contribution in [0.2, 0.25) is 0 Å². The van der Waals surface area contributed by atoms with Gasteiger partial charge in [0.25, 0.3) is 0 Å². The van der Waals surface area contributed by atoms with Gasteiger partial charge in [0.2, 0.25) is 5.91 Å². The van der Waals surface area contributed by atoms with Crippen LogP contribution in [-0.2, 0) is 9.59 Å². The van der Waals surface area contributed by atoms with Gasteiger partial charge in [-0.15, -0.1) is 0 Å². The number of carbonyl (C=O) groups excluding carboxylic acids is 3. The molecule has 1 aromatic rings. The number of hydrogen-bond acceptors (Lipinski definition) is 4. The molecule has 0 N–H and O–H groups in total. The topological polar surface area (TPSA) is 67.3 Å². The van der Waals surface area contributed by atoms with E-state index in [0.29, 0.717) is 12.1 Å². The van der Waals surface area contributed by atoms with Gasteiger partial charge in [-0.3, -0.25) is 19.4 Å². The Hall–Kier alpha value is -2.04. The molecule has 0 aromatic carbocycles. The molecular formula is C13H14N2O3. The van der Waals surface area contributed by atoms with Crippen LogP contribution < -0.4 is 0 Å². The summed E-state index contributed by atoms with van der Waals surface area (Å²) >= 11 is 0. The fraction of sp³-hybridized carbons (Fsp3) is 0.385. The maximum atomic E-state index is 12.2. The molecule has 1 unspecified atom stereocenters.